The molecule has 92 valence electrons. The van der Waals surface area contributed by atoms with E-state index in [0.717, 1.165) is 11.8 Å². The number of ether oxygens (including phenoxy) is 1. The summed E-state index contributed by atoms with van der Waals surface area (Å²) in [6, 6.07) is 0.674. The Balaban J connectivity index is 1.45. The largest absolute Gasteiger partial charge is 0.373 e. The summed E-state index contributed by atoms with van der Waals surface area (Å²) in [6.45, 7) is 3.67. The molecule has 5 unspecified atom stereocenters. The Morgan fingerprint density at radius 2 is 2.00 bits per heavy atom. The summed E-state index contributed by atoms with van der Waals surface area (Å²) in [5, 5.41) is 3.79. The van der Waals surface area contributed by atoms with E-state index in [2.05, 4.69) is 12.2 Å². The smallest absolute Gasteiger partial charge is 0.0733 e. The van der Waals surface area contributed by atoms with Crippen molar-refractivity contribution in [3.8, 4) is 0 Å². The highest BCUT2D eigenvalue weighted by Gasteiger charge is 2.40. The fourth-order valence-electron chi connectivity index (χ4n) is 3.85. The Morgan fingerprint density at radius 3 is 2.69 bits per heavy atom. The van der Waals surface area contributed by atoms with Gasteiger partial charge in [0.2, 0.25) is 0 Å². The monoisotopic (exact) mass is 223 g/mol. The minimum atomic E-state index is 0.545. The Morgan fingerprint density at radius 1 is 1.12 bits per heavy atom. The first-order chi connectivity index (χ1) is 7.83. The van der Waals surface area contributed by atoms with Crippen LogP contribution in [0.25, 0.3) is 0 Å². The lowest BCUT2D eigenvalue weighted by Crippen LogP contribution is -2.41. The number of hydrogen-bond donors (Lipinski definition) is 1. The van der Waals surface area contributed by atoms with Gasteiger partial charge in [0.15, 0.2) is 0 Å². The van der Waals surface area contributed by atoms with Crippen molar-refractivity contribution in [2.45, 2.75) is 70.1 Å². The van der Waals surface area contributed by atoms with Gasteiger partial charge in [-0.2, -0.15) is 0 Å². The number of fused-ring (bicyclic) bond motifs is 2. The molecule has 0 spiro atoms. The average Bonchev–Trinajstić information content (AvgIpc) is 2.90. The number of nitrogens with one attached hydrogen (secondary N) is 1. The Hall–Kier alpha value is -0.0800. The van der Waals surface area contributed by atoms with E-state index >= 15 is 0 Å². The van der Waals surface area contributed by atoms with Crippen LogP contribution in [-0.2, 0) is 4.74 Å². The third-order valence-electron chi connectivity index (χ3n) is 5.04. The topological polar surface area (TPSA) is 21.3 Å². The average molecular weight is 223 g/mol. The number of rotatable bonds is 3. The summed E-state index contributed by atoms with van der Waals surface area (Å²) in [7, 11) is 0. The van der Waals surface area contributed by atoms with Crippen molar-refractivity contribution in [1.82, 2.24) is 5.32 Å². The van der Waals surface area contributed by atoms with Gasteiger partial charge in [-0.15, -0.1) is 0 Å². The van der Waals surface area contributed by atoms with Gasteiger partial charge in [-0.3, -0.25) is 0 Å². The first-order valence-corrected chi connectivity index (χ1v) is 7.22. The lowest BCUT2D eigenvalue weighted by atomic mass is 9.80. The molecule has 3 fully saturated rings. The van der Waals surface area contributed by atoms with Crippen molar-refractivity contribution in [2.24, 2.45) is 11.8 Å². The van der Waals surface area contributed by atoms with Gasteiger partial charge in [-0.25, -0.2) is 0 Å². The van der Waals surface area contributed by atoms with Crippen LogP contribution in [0.15, 0.2) is 0 Å². The minimum Gasteiger partial charge on any atom is -0.373 e. The van der Waals surface area contributed by atoms with E-state index in [9.17, 15) is 0 Å². The van der Waals surface area contributed by atoms with E-state index in [0.29, 0.717) is 18.2 Å². The molecule has 0 aromatic carbocycles. The Labute approximate surface area is 99.1 Å². The zero-order chi connectivity index (χ0) is 11.0. The Bertz CT molecular complexity index is 241. The predicted octanol–water partition coefficient (Wildman–Crippen LogP) is 2.72. The van der Waals surface area contributed by atoms with Crippen LogP contribution in [-0.4, -0.2) is 24.8 Å². The predicted molar refractivity (Wildman–Crippen MR) is 65.4 cm³/mol. The second-order valence-corrected chi connectivity index (χ2v) is 6.15. The Kier molecular flexibility index (Phi) is 3.21. The van der Waals surface area contributed by atoms with Crippen LogP contribution in [0, 0.1) is 11.8 Å². The molecule has 0 amide bonds. The third kappa shape index (κ3) is 2.14. The standard InChI is InChI=1S/C14H25NO/c1-10-4-2-3-5-11(10)9-15-13-8-12-6-7-14(13)16-12/h10-15H,2-9H2,1H3. The normalized spacial score (nSPS) is 47.4. The number of hydrogen-bond acceptors (Lipinski definition) is 2. The molecule has 2 heterocycles. The zero-order valence-corrected chi connectivity index (χ0v) is 10.5. The second kappa shape index (κ2) is 4.66. The molecule has 2 saturated heterocycles. The maximum absolute atomic E-state index is 5.89. The van der Waals surface area contributed by atoms with Gasteiger partial charge in [0.05, 0.1) is 12.2 Å². The van der Waals surface area contributed by atoms with Crippen LogP contribution in [0.4, 0.5) is 0 Å². The van der Waals surface area contributed by atoms with E-state index in [1.165, 1.54) is 51.5 Å². The van der Waals surface area contributed by atoms with Crippen molar-refractivity contribution in [2.75, 3.05) is 6.54 Å². The molecule has 16 heavy (non-hydrogen) atoms. The summed E-state index contributed by atoms with van der Waals surface area (Å²) in [5.41, 5.74) is 0. The molecule has 2 nitrogen and oxygen atoms in total. The highest BCUT2D eigenvalue weighted by atomic mass is 16.5. The van der Waals surface area contributed by atoms with E-state index in [-0.39, 0.29) is 0 Å². The zero-order valence-electron chi connectivity index (χ0n) is 10.5. The van der Waals surface area contributed by atoms with E-state index in [1.807, 2.05) is 0 Å². The van der Waals surface area contributed by atoms with Gasteiger partial charge in [0, 0.05) is 6.04 Å². The first kappa shape index (κ1) is 11.0. The van der Waals surface area contributed by atoms with E-state index < -0.39 is 0 Å². The molecule has 1 saturated carbocycles. The van der Waals surface area contributed by atoms with Crippen molar-refractivity contribution >= 4 is 0 Å². The molecule has 2 aliphatic heterocycles. The maximum Gasteiger partial charge on any atom is 0.0733 e. The molecule has 1 N–H and O–H groups in total. The van der Waals surface area contributed by atoms with E-state index in [4.69, 9.17) is 4.74 Å². The lowest BCUT2D eigenvalue weighted by molar-refractivity contribution is 0.0959. The van der Waals surface area contributed by atoms with Crippen LogP contribution in [0.1, 0.15) is 51.9 Å². The third-order valence-corrected chi connectivity index (χ3v) is 5.04. The minimum absolute atomic E-state index is 0.545. The molecule has 3 rings (SSSR count). The molecular weight excluding hydrogens is 198 g/mol. The summed E-state index contributed by atoms with van der Waals surface area (Å²) >= 11 is 0. The van der Waals surface area contributed by atoms with Gasteiger partial charge in [0.1, 0.15) is 0 Å². The van der Waals surface area contributed by atoms with Gasteiger partial charge < -0.3 is 10.1 Å². The summed E-state index contributed by atoms with van der Waals surface area (Å²) in [5.74, 6) is 1.86. The highest BCUT2D eigenvalue weighted by Crippen LogP contribution is 2.35. The maximum atomic E-state index is 5.89. The summed E-state index contributed by atoms with van der Waals surface area (Å²) in [4.78, 5) is 0. The van der Waals surface area contributed by atoms with Crippen molar-refractivity contribution < 1.29 is 4.74 Å². The molecule has 0 aromatic rings. The van der Waals surface area contributed by atoms with Crippen LogP contribution in [0.2, 0.25) is 0 Å². The van der Waals surface area contributed by atoms with Crippen LogP contribution in [0.5, 0.6) is 0 Å². The van der Waals surface area contributed by atoms with E-state index in [1.54, 1.807) is 0 Å². The van der Waals surface area contributed by atoms with Crippen LogP contribution >= 0.6 is 0 Å². The highest BCUT2D eigenvalue weighted by molar-refractivity contribution is 4.94. The van der Waals surface area contributed by atoms with Crippen LogP contribution < -0.4 is 5.32 Å². The molecular formula is C14H25NO. The quantitative estimate of drug-likeness (QED) is 0.794. The van der Waals surface area contributed by atoms with Gasteiger partial charge in [0.25, 0.3) is 0 Å². The first-order valence-electron chi connectivity index (χ1n) is 7.22. The SMILES string of the molecule is CC1CCCCC1CNC1CC2CCC1O2. The molecule has 0 radical (unpaired) electrons. The molecule has 5 atom stereocenters. The molecule has 2 heteroatoms. The molecule has 3 aliphatic rings. The fourth-order valence-corrected chi connectivity index (χ4v) is 3.85. The van der Waals surface area contributed by atoms with Gasteiger partial charge in [-0.1, -0.05) is 26.2 Å². The van der Waals surface area contributed by atoms with Crippen LogP contribution in [0.3, 0.4) is 0 Å². The molecule has 2 bridgehead atoms. The summed E-state index contributed by atoms with van der Waals surface area (Å²) in [6.07, 6.45) is 10.8. The summed E-state index contributed by atoms with van der Waals surface area (Å²) < 4.78 is 5.89. The van der Waals surface area contributed by atoms with Crippen molar-refractivity contribution in [3.05, 3.63) is 0 Å². The lowest BCUT2D eigenvalue weighted by Gasteiger charge is -2.31. The van der Waals surface area contributed by atoms with Crippen molar-refractivity contribution in [1.29, 1.82) is 0 Å². The van der Waals surface area contributed by atoms with Gasteiger partial charge >= 0.3 is 0 Å². The van der Waals surface area contributed by atoms with Gasteiger partial charge in [-0.05, 0) is 44.1 Å². The second-order valence-electron chi connectivity index (χ2n) is 6.15. The molecule has 0 aromatic heterocycles. The molecule has 1 aliphatic carbocycles. The van der Waals surface area contributed by atoms with Crippen molar-refractivity contribution in [3.63, 3.8) is 0 Å². The fraction of sp³-hybridized carbons (Fsp3) is 1.00.